The predicted octanol–water partition coefficient (Wildman–Crippen LogP) is 4.21. The summed E-state index contributed by atoms with van der Waals surface area (Å²) < 4.78 is 0. The van der Waals surface area contributed by atoms with E-state index >= 15 is 0 Å². The molecule has 1 atom stereocenters. The van der Waals surface area contributed by atoms with E-state index in [0.717, 1.165) is 37.1 Å². The molecule has 0 radical (unpaired) electrons. The van der Waals surface area contributed by atoms with Gasteiger partial charge in [-0.1, -0.05) is 30.3 Å². The third-order valence-corrected chi connectivity index (χ3v) is 5.38. The Balaban J connectivity index is 1.66. The Hall–Kier alpha value is -1.78. The predicted molar refractivity (Wildman–Crippen MR) is 98.7 cm³/mol. The maximum Gasteiger partial charge on any atom is 0.167 e. The summed E-state index contributed by atoms with van der Waals surface area (Å²) in [6.07, 6.45) is 4.00. The second kappa shape index (κ2) is 7.86. The van der Waals surface area contributed by atoms with Gasteiger partial charge in [0, 0.05) is 35.0 Å². The molecule has 24 heavy (non-hydrogen) atoms. The number of carbonyl (C=O) groups excluding carboxylic acids is 1. The largest absolute Gasteiger partial charge is 0.508 e. The molecule has 2 aromatic rings. The normalized spacial score (nSPS) is 18.5. The second-order valence-corrected chi connectivity index (χ2v) is 7.18. The number of hydrogen-bond acceptors (Lipinski definition) is 4. The number of benzene rings is 2. The number of likely N-dealkylation sites (tertiary alicyclic amines) is 1. The van der Waals surface area contributed by atoms with E-state index in [0.29, 0.717) is 12.3 Å². The highest BCUT2D eigenvalue weighted by molar-refractivity contribution is 7.98. The van der Waals surface area contributed by atoms with Gasteiger partial charge in [0.2, 0.25) is 0 Å². The van der Waals surface area contributed by atoms with Crippen molar-refractivity contribution in [1.82, 2.24) is 4.90 Å². The quantitative estimate of drug-likeness (QED) is 0.653. The molecule has 126 valence electrons. The van der Waals surface area contributed by atoms with Gasteiger partial charge >= 0.3 is 0 Å². The van der Waals surface area contributed by atoms with Crippen LogP contribution in [-0.2, 0) is 6.54 Å². The van der Waals surface area contributed by atoms with Gasteiger partial charge in [0.05, 0.1) is 0 Å². The summed E-state index contributed by atoms with van der Waals surface area (Å²) in [7, 11) is 0. The maximum atomic E-state index is 12.8. The minimum absolute atomic E-state index is 0.0461. The molecule has 0 spiro atoms. The summed E-state index contributed by atoms with van der Waals surface area (Å²) >= 11 is 1.68. The number of rotatable bonds is 5. The number of hydrogen-bond donors (Lipinski definition) is 1. The Morgan fingerprint density at radius 2 is 1.96 bits per heavy atom. The number of Topliss-reactive ketones (excluding diaryl/α,β-unsaturated/α-hetero) is 1. The van der Waals surface area contributed by atoms with E-state index in [1.54, 1.807) is 17.8 Å². The van der Waals surface area contributed by atoms with E-state index in [2.05, 4.69) is 4.90 Å². The van der Waals surface area contributed by atoms with E-state index in [1.807, 2.05) is 48.7 Å². The van der Waals surface area contributed by atoms with Crippen molar-refractivity contribution >= 4 is 17.5 Å². The molecule has 0 aromatic heterocycles. The number of phenolic OH excluding ortho intramolecular Hbond substituents is 1. The van der Waals surface area contributed by atoms with Crippen molar-refractivity contribution in [3.8, 4) is 5.75 Å². The van der Waals surface area contributed by atoms with Crippen molar-refractivity contribution in [1.29, 1.82) is 0 Å². The van der Waals surface area contributed by atoms with Crippen LogP contribution in [0.25, 0.3) is 0 Å². The molecule has 1 saturated heterocycles. The van der Waals surface area contributed by atoms with Gasteiger partial charge in [0.15, 0.2) is 5.78 Å². The second-order valence-electron chi connectivity index (χ2n) is 6.30. The van der Waals surface area contributed by atoms with Crippen LogP contribution in [0.3, 0.4) is 0 Å². The minimum atomic E-state index is 0.0461. The van der Waals surface area contributed by atoms with Gasteiger partial charge in [0.1, 0.15) is 5.75 Å². The van der Waals surface area contributed by atoms with E-state index in [-0.39, 0.29) is 11.7 Å². The number of phenols is 1. The molecule has 0 amide bonds. The number of thioether (sulfide) groups is 1. The molecule has 1 unspecified atom stereocenters. The monoisotopic (exact) mass is 341 g/mol. The lowest BCUT2D eigenvalue weighted by molar-refractivity contribution is 0.0811. The van der Waals surface area contributed by atoms with Gasteiger partial charge in [-0.15, -0.1) is 11.8 Å². The van der Waals surface area contributed by atoms with Crippen LogP contribution in [0.5, 0.6) is 5.75 Å². The first-order chi connectivity index (χ1) is 11.7. The number of ketones is 1. The number of aromatic hydroxyl groups is 1. The Morgan fingerprint density at radius 1 is 1.21 bits per heavy atom. The van der Waals surface area contributed by atoms with Crippen molar-refractivity contribution in [2.75, 3.05) is 19.3 Å². The molecule has 2 aromatic carbocycles. The lowest BCUT2D eigenvalue weighted by Gasteiger charge is -2.32. The van der Waals surface area contributed by atoms with Crippen LogP contribution in [0.4, 0.5) is 0 Å². The van der Waals surface area contributed by atoms with Crippen LogP contribution in [0.1, 0.15) is 28.8 Å². The van der Waals surface area contributed by atoms with Gasteiger partial charge < -0.3 is 5.11 Å². The smallest absolute Gasteiger partial charge is 0.167 e. The highest BCUT2D eigenvalue weighted by Crippen LogP contribution is 2.25. The molecule has 0 bridgehead atoms. The fourth-order valence-corrected chi connectivity index (χ4v) is 3.70. The molecule has 1 aliphatic heterocycles. The molecule has 1 aliphatic rings. The molecule has 0 saturated carbocycles. The third kappa shape index (κ3) is 4.00. The zero-order valence-corrected chi connectivity index (χ0v) is 14.8. The van der Waals surface area contributed by atoms with Crippen LogP contribution < -0.4 is 0 Å². The lowest BCUT2D eigenvalue weighted by Crippen LogP contribution is -2.38. The van der Waals surface area contributed by atoms with Gasteiger partial charge in [-0.25, -0.2) is 0 Å². The molecule has 4 heteroatoms. The van der Waals surface area contributed by atoms with E-state index in [9.17, 15) is 9.90 Å². The molecule has 3 nitrogen and oxygen atoms in total. The highest BCUT2D eigenvalue weighted by Gasteiger charge is 2.26. The Morgan fingerprint density at radius 3 is 2.67 bits per heavy atom. The van der Waals surface area contributed by atoms with Crippen molar-refractivity contribution in [3.63, 3.8) is 0 Å². The summed E-state index contributed by atoms with van der Waals surface area (Å²) in [4.78, 5) is 16.2. The van der Waals surface area contributed by atoms with Gasteiger partial charge in [-0.3, -0.25) is 9.69 Å². The Bertz CT molecular complexity index is 699. The van der Waals surface area contributed by atoms with Gasteiger partial charge in [-0.05, 0) is 43.8 Å². The van der Waals surface area contributed by atoms with Gasteiger partial charge in [-0.2, -0.15) is 0 Å². The van der Waals surface area contributed by atoms with Gasteiger partial charge in [0.25, 0.3) is 0 Å². The molecule has 1 fully saturated rings. The summed E-state index contributed by atoms with van der Waals surface area (Å²) in [6, 6.07) is 15.3. The fourth-order valence-electron chi connectivity index (χ4n) is 3.29. The first-order valence-corrected chi connectivity index (χ1v) is 9.57. The standard InChI is InChI=1S/C20H23NO2S/c1-24-18-10-8-15(9-11-18)20(23)17-6-4-12-21(14-17)13-16-5-2-3-7-19(16)22/h2-3,5,7-11,17,22H,4,6,12-14H2,1H3. The summed E-state index contributed by atoms with van der Waals surface area (Å²) in [6.45, 7) is 2.43. The topological polar surface area (TPSA) is 40.5 Å². The van der Waals surface area contributed by atoms with Crippen molar-refractivity contribution < 1.29 is 9.90 Å². The van der Waals surface area contributed by atoms with Crippen LogP contribution in [0, 0.1) is 5.92 Å². The summed E-state index contributed by atoms with van der Waals surface area (Å²) in [5.74, 6) is 0.618. The average Bonchev–Trinajstić information content (AvgIpc) is 2.63. The molecular weight excluding hydrogens is 318 g/mol. The van der Waals surface area contributed by atoms with Crippen molar-refractivity contribution in [2.24, 2.45) is 5.92 Å². The van der Waals surface area contributed by atoms with Crippen LogP contribution >= 0.6 is 11.8 Å². The zero-order chi connectivity index (χ0) is 16.9. The van der Waals surface area contributed by atoms with E-state index < -0.39 is 0 Å². The number of carbonyl (C=O) groups is 1. The lowest BCUT2D eigenvalue weighted by atomic mass is 9.90. The zero-order valence-electron chi connectivity index (χ0n) is 13.9. The van der Waals surface area contributed by atoms with E-state index in [1.165, 1.54) is 4.90 Å². The average molecular weight is 341 g/mol. The molecule has 1 heterocycles. The fraction of sp³-hybridized carbons (Fsp3) is 0.350. The number of nitrogens with zero attached hydrogens (tertiary/aromatic N) is 1. The number of piperidine rings is 1. The van der Waals surface area contributed by atoms with Crippen LogP contribution in [-0.4, -0.2) is 35.1 Å². The maximum absolute atomic E-state index is 12.8. The van der Waals surface area contributed by atoms with E-state index in [4.69, 9.17) is 0 Å². The molecule has 3 rings (SSSR count). The molecule has 0 aliphatic carbocycles. The molecular formula is C20H23NO2S. The van der Waals surface area contributed by atoms with Crippen LogP contribution in [0.15, 0.2) is 53.4 Å². The van der Waals surface area contributed by atoms with Crippen molar-refractivity contribution in [3.05, 3.63) is 59.7 Å². The SMILES string of the molecule is CSc1ccc(C(=O)C2CCCN(Cc3ccccc3O)C2)cc1. The Kier molecular flexibility index (Phi) is 5.59. The summed E-state index contributed by atoms with van der Waals surface area (Å²) in [5, 5.41) is 9.95. The molecule has 1 N–H and O–H groups in total. The van der Waals surface area contributed by atoms with Crippen molar-refractivity contribution in [2.45, 2.75) is 24.3 Å². The third-order valence-electron chi connectivity index (χ3n) is 4.64. The van der Waals surface area contributed by atoms with Crippen LogP contribution in [0.2, 0.25) is 0 Å². The Labute approximate surface area is 147 Å². The minimum Gasteiger partial charge on any atom is -0.508 e. The summed E-state index contributed by atoms with van der Waals surface area (Å²) in [5.41, 5.74) is 1.73. The highest BCUT2D eigenvalue weighted by atomic mass is 32.2. The number of para-hydroxylation sites is 1. The first-order valence-electron chi connectivity index (χ1n) is 8.35. The first kappa shape index (κ1) is 17.1.